The Kier molecular flexibility index (Phi) is 5.40. The monoisotopic (exact) mass is 398 g/mol. The summed E-state index contributed by atoms with van der Waals surface area (Å²) in [7, 11) is 1.59. The van der Waals surface area contributed by atoms with Crippen molar-refractivity contribution in [1.29, 1.82) is 5.26 Å². The number of rotatable bonds is 6. The molecule has 3 aromatic rings. The van der Waals surface area contributed by atoms with Crippen LogP contribution in [0.4, 0.5) is 5.69 Å². The molecule has 0 radical (unpaired) electrons. The predicted molar refractivity (Wildman–Crippen MR) is 114 cm³/mol. The third kappa shape index (κ3) is 3.60. The van der Waals surface area contributed by atoms with Gasteiger partial charge in [-0.15, -0.1) is 0 Å². The molecule has 0 bridgehead atoms. The lowest BCUT2D eigenvalue weighted by Gasteiger charge is -2.33. The smallest absolute Gasteiger partial charge is 0.228 e. The first-order valence-corrected chi connectivity index (χ1v) is 9.82. The molecule has 3 aromatic carbocycles. The standard InChI is InChI=1S/C25H22N2O3/c1-29-22-13-9-21(10-14-22)27-24(28)15-16-25(27,18-26)20-7-11-23(12-8-20)30-17-19-5-3-2-4-6-19/h2-14H,15-17H2,1H3. The summed E-state index contributed by atoms with van der Waals surface area (Å²) in [5.41, 5.74) is 1.51. The fourth-order valence-corrected chi connectivity index (χ4v) is 3.83. The Morgan fingerprint density at radius 3 is 2.27 bits per heavy atom. The number of amides is 1. The van der Waals surface area contributed by atoms with Crippen LogP contribution >= 0.6 is 0 Å². The van der Waals surface area contributed by atoms with Crippen molar-refractivity contribution in [2.24, 2.45) is 0 Å². The fourth-order valence-electron chi connectivity index (χ4n) is 3.83. The first-order valence-electron chi connectivity index (χ1n) is 9.82. The molecule has 1 unspecified atom stereocenters. The third-order valence-electron chi connectivity index (χ3n) is 5.43. The van der Waals surface area contributed by atoms with Crippen LogP contribution in [0.1, 0.15) is 24.0 Å². The highest BCUT2D eigenvalue weighted by Crippen LogP contribution is 2.43. The Labute approximate surface area is 176 Å². The minimum atomic E-state index is -1.04. The van der Waals surface area contributed by atoms with E-state index in [9.17, 15) is 10.1 Å². The Balaban J connectivity index is 1.59. The van der Waals surface area contributed by atoms with Gasteiger partial charge in [0.15, 0.2) is 5.54 Å². The van der Waals surface area contributed by atoms with Gasteiger partial charge in [0.1, 0.15) is 18.1 Å². The van der Waals surface area contributed by atoms with Gasteiger partial charge in [-0.05, 0) is 53.9 Å². The molecule has 0 aliphatic carbocycles. The molecular weight excluding hydrogens is 376 g/mol. The minimum absolute atomic E-state index is 0.0638. The van der Waals surface area contributed by atoms with Crippen LogP contribution in [0.2, 0.25) is 0 Å². The van der Waals surface area contributed by atoms with Crippen molar-refractivity contribution in [1.82, 2.24) is 0 Å². The van der Waals surface area contributed by atoms with Crippen LogP contribution in [0.5, 0.6) is 11.5 Å². The maximum absolute atomic E-state index is 12.7. The lowest BCUT2D eigenvalue weighted by atomic mass is 9.88. The summed E-state index contributed by atoms with van der Waals surface area (Å²) in [6.07, 6.45) is 0.768. The van der Waals surface area contributed by atoms with E-state index < -0.39 is 5.54 Å². The molecule has 1 amide bonds. The molecule has 1 aliphatic rings. The van der Waals surface area contributed by atoms with E-state index in [-0.39, 0.29) is 5.91 Å². The van der Waals surface area contributed by atoms with Gasteiger partial charge in [-0.1, -0.05) is 42.5 Å². The molecule has 5 nitrogen and oxygen atoms in total. The summed E-state index contributed by atoms with van der Waals surface area (Å²) < 4.78 is 11.1. The molecule has 1 saturated heterocycles. The van der Waals surface area contributed by atoms with Gasteiger partial charge in [-0.2, -0.15) is 5.26 Å². The normalized spacial score (nSPS) is 18.1. The number of ether oxygens (including phenoxy) is 2. The molecule has 1 aliphatic heterocycles. The second-order valence-corrected chi connectivity index (χ2v) is 7.20. The summed E-state index contributed by atoms with van der Waals surface area (Å²) in [6, 6.07) is 27.0. The average molecular weight is 398 g/mol. The summed E-state index contributed by atoms with van der Waals surface area (Å²) >= 11 is 0. The number of methoxy groups -OCH3 is 1. The Bertz CT molecular complexity index is 1060. The van der Waals surface area contributed by atoms with Gasteiger partial charge in [0.25, 0.3) is 0 Å². The van der Waals surface area contributed by atoms with Gasteiger partial charge in [0.2, 0.25) is 5.91 Å². The van der Waals surface area contributed by atoms with Gasteiger partial charge >= 0.3 is 0 Å². The second-order valence-electron chi connectivity index (χ2n) is 7.20. The first kappa shape index (κ1) is 19.5. The van der Waals surface area contributed by atoms with Crippen LogP contribution in [-0.4, -0.2) is 13.0 Å². The molecule has 30 heavy (non-hydrogen) atoms. The Morgan fingerprint density at radius 1 is 0.967 bits per heavy atom. The van der Waals surface area contributed by atoms with Gasteiger partial charge in [0, 0.05) is 12.1 Å². The number of nitrogens with zero attached hydrogens (tertiary/aromatic N) is 2. The molecule has 0 aromatic heterocycles. The van der Waals surface area contributed by atoms with Gasteiger partial charge < -0.3 is 9.47 Å². The molecule has 0 saturated carbocycles. The van der Waals surface area contributed by atoms with Crippen molar-refractivity contribution in [3.8, 4) is 17.6 Å². The van der Waals surface area contributed by atoms with Crippen LogP contribution in [0, 0.1) is 11.3 Å². The van der Waals surface area contributed by atoms with E-state index in [1.165, 1.54) is 0 Å². The SMILES string of the molecule is COc1ccc(N2C(=O)CCC2(C#N)c2ccc(OCc3ccccc3)cc2)cc1. The number of benzene rings is 3. The van der Waals surface area contributed by atoms with Crippen LogP contribution in [-0.2, 0) is 16.9 Å². The largest absolute Gasteiger partial charge is 0.497 e. The van der Waals surface area contributed by atoms with Crippen LogP contribution in [0.3, 0.4) is 0 Å². The second kappa shape index (κ2) is 8.30. The maximum Gasteiger partial charge on any atom is 0.228 e. The van der Waals surface area contributed by atoms with Gasteiger partial charge in [-0.25, -0.2) is 0 Å². The van der Waals surface area contributed by atoms with Crippen molar-refractivity contribution >= 4 is 11.6 Å². The van der Waals surface area contributed by atoms with E-state index >= 15 is 0 Å². The van der Waals surface area contributed by atoms with Crippen molar-refractivity contribution in [2.45, 2.75) is 25.0 Å². The summed E-state index contributed by atoms with van der Waals surface area (Å²) in [5, 5.41) is 10.1. The number of carbonyl (C=O) groups excluding carboxylic acids is 1. The topological polar surface area (TPSA) is 62.6 Å². The highest BCUT2D eigenvalue weighted by Gasteiger charge is 2.48. The lowest BCUT2D eigenvalue weighted by Crippen LogP contribution is -2.42. The van der Waals surface area contributed by atoms with Gasteiger partial charge in [0.05, 0.1) is 13.2 Å². The van der Waals surface area contributed by atoms with E-state index in [0.29, 0.717) is 30.9 Å². The molecule has 4 rings (SSSR count). The van der Waals surface area contributed by atoms with Gasteiger partial charge in [-0.3, -0.25) is 9.69 Å². The van der Waals surface area contributed by atoms with E-state index in [4.69, 9.17) is 9.47 Å². The molecule has 1 atom stereocenters. The Hall–Kier alpha value is -3.78. The van der Waals surface area contributed by atoms with Crippen LogP contribution < -0.4 is 14.4 Å². The molecule has 5 heteroatoms. The fraction of sp³-hybridized carbons (Fsp3) is 0.200. The number of anilines is 1. The van der Waals surface area contributed by atoms with Crippen LogP contribution in [0.15, 0.2) is 78.9 Å². The summed E-state index contributed by atoms with van der Waals surface area (Å²) in [6.45, 7) is 0.472. The zero-order valence-electron chi connectivity index (χ0n) is 16.7. The lowest BCUT2D eigenvalue weighted by molar-refractivity contribution is -0.117. The number of nitriles is 1. The van der Waals surface area contributed by atoms with E-state index in [1.807, 2.05) is 66.7 Å². The summed E-state index contributed by atoms with van der Waals surface area (Å²) in [5.74, 6) is 1.36. The van der Waals surface area contributed by atoms with Crippen LogP contribution in [0.25, 0.3) is 0 Å². The number of hydrogen-bond acceptors (Lipinski definition) is 4. The molecule has 0 N–H and O–H groups in total. The van der Waals surface area contributed by atoms with E-state index in [2.05, 4.69) is 6.07 Å². The summed E-state index contributed by atoms with van der Waals surface area (Å²) in [4.78, 5) is 14.3. The highest BCUT2D eigenvalue weighted by molar-refractivity contribution is 5.98. The predicted octanol–water partition coefficient (Wildman–Crippen LogP) is 4.82. The third-order valence-corrected chi connectivity index (χ3v) is 5.43. The van der Waals surface area contributed by atoms with Crippen molar-refractivity contribution in [3.05, 3.63) is 90.0 Å². The van der Waals surface area contributed by atoms with Crippen molar-refractivity contribution < 1.29 is 14.3 Å². The highest BCUT2D eigenvalue weighted by atomic mass is 16.5. The molecular formula is C25H22N2O3. The zero-order valence-corrected chi connectivity index (χ0v) is 16.7. The number of carbonyl (C=O) groups is 1. The Morgan fingerprint density at radius 2 is 1.63 bits per heavy atom. The van der Waals surface area contributed by atoms with E-state index in [0.717, 1.165) is 16.9 Å². The number of hydrogen-bond donors (Lipinski definition) is 0. The quantitative estimate of drug-likeness (QED) is 0.597. The van der Waals surface area contributed by atoms with E-state index in [1.54, 1.807) is 24.1 Å². The zero-order chi connectivity index (χ0) is 21.0. The molecule has 150 valence electrons. The van der Waals surface area contributed by atoms with Crippen molar-refractivity contribution in [2.75, 3.05) is 12.0 Å². The molecule has 1 heterocycles. The maximum atomic E-state index is 12.7. The van der Waals surface area contributed by atoms with Crippen molar-refractivity contribution in [3.63, 3.8) is 0 Å². The average Bonchev–Trinajstić information content (AvgIpc) is 3.16. The molecule has 1 fully saturated rings. The first-order chi connectivity index (χ1) is 14.7. The molecule has 0 spiro atoms. The minimum Gasteiger partial charge on any atom is -0.497 e.